The van der Waals surface area contributed by atoms with E-state index >= 15 is 0 Å². The van der Waals surface area contributed by atoms with Crippen molar-refractivity contribution in [2.75, 3.05) is 6.54 Å². The molecule has 0 bridgehead atoms. The summed E-state index contributed by atoms with van der Waals surface area (Å²) in [6.45, 7) is 1.26. The van der Waals surface area contributed by atoms with Gasteiger partial charge in [0.2, 0.25) is 0 Å². The molecule has 1 aromatic heterocycles. The number of furan rings is 1. The lowest BCUT2D eigenvalue weighted by Gasteiger charge is -2.22. The SMILES string of the molecule is O=C(c1ccoc1)N(CCc1ccccc1)Cc1ccccc1. The number of amides is 1. The van der Waals surface area contributed by atoms with E-state index in [4.69, 9.17) is 4.42 Å². The van der Waals surface area contributed by atoms with Gasteiger partial charge in [-0.25, -0.2) is 0 Å². The van der Waals surface area contributed by atoms with Crippen LogP contribution in [0.25, 0.3) is 0 Å². The van der Waals surface area contributed by atoms with E-state index in [1.54, 1.807) is 6.07 Å². The summed E-state index contributed by atoms with van der Waals surface area (Å²) in [6.07, 6.45) is 3.87. The zero-order valence-electron chi connectivity index (χ0n) is 12.9. The Morgan fingerprint density at radius 1 is 0.870 bits per heavy atom. The Morgan fingerprint density at radius 2 is 1.52 bits per heavy atom. The molecule has 3 aromatic rings. The molecular weight excluding hydrogens is 286 g/mol. The van der Waals surface area contributed by atoms with Crippen molar-refractivity contribution in [1.29, 1.82) is 0 Å². The number of carbonyl (C=O) groups excluding carboxylic acids is 1. The van der Waals surface area contributed by atoms with Crippen LogP contribution < -0.4 is 0 Å². The van der Waals surface area contributed by atoms with Gasteiger partial charge in [0, 0.05) is 13.1 Å². The van der Waals surface area contributed by atoms with E-state index in [9.17, 15) is 4.79 Å². The first kappa shape index (κ1) is 15.1. The molecule has 0 spiro atoms. The van der Waals surface area contributed by atoms with Crippen LogP contribution >= 0.6 is 0 Å². The molecule has 3 nitrogen and oxygen atoms in total. The number of rotatable bonds is 6. The van der Waals surface area contributed by atoms with Gasteiger partial charge in [0.1, 0.15) is 6.26 Å². The Bertz CT molecular complexity index is 721. The Labute approximate surface area is 136 Å². The topological polar surface area (TPSA) is 33.5 Å². The second kappa shape index (κ2) is 7.45. The summed E-state index contributed by atoms with van der Waals surface area (Å²) in [7, 11) is 0. The average molecular weight is 305 g/mol. The minimum Gasteiger partial charge on any atom is -0.472 e. The quantitative estimate of drug-likeness (QED) is 0.685. The molecule has 0 fully saturated rings. The Kier molecular flexibility index (Phi) is 4.89. The van der Waals surface area contributed by atoms with Crippen molar-refractivity contribution in [1.82, 2.24) is 4.90 Å². The lowest BCUT2D eigenvalue weighted by molar-refractivity contribution is 0.0744. The van der Waals surface area contributed by atoms with Crippen molar-refractivity contribution >= 4 is 5.91 Å². The minimum atomic E-state index is -0.00136. The molecule has 0 aliphatic carbocycles. The lowest BCUT2D eigenvalue weighted by Crippen LogP contribution is -2.32. The molecule has 0 saturated carbocycles. The standard InChI is InChI=1S/C20H19NO2/c22-20(19-12-14-23-16-19)21(15-18-9-5-2-6-10-18)13-11-17-7-3-1-4-8-17/h1-10,12,14,16H,11,13,15H2. The van der Waals surface area contributed by atoms with Crippen LogP contribution in [0.5, 0.6) is 0 Å². The third-order valence-corrected chi connectivity index (χ3v) is 3.78. The van der Waals surface area contributed by atoms with Gasteiger partial charge in [0.05, 0.1) is 11.8 Å². The molecule has 1 heterocycles. The zero-order chi connectivity index (χ0) is 15.9. The van der Waals surface area contributed by atoms with Crippen LogP contribution in [-0.4, -0.2) is 17.4 Å². The summed E-state index contributed by atoms with van der Waals surface area (Å²) in [6, 6.07) is 22.0. The Balaban J connectivity index is 1.74. The monoisotopic (exact) mass is 305 g/mol. The van der Waals surface area contributed by atoms with E-state index in [1.807, 2.05) is 53.4 Å². The highest BCUT2D eigenvalue weighted by atomic mass is 16.3. The highest BCUT2D eigenvalue weighted by molar-refractivity contribution is 5.93. The van der Waals surface area contributed by atoms with Crippen molar-refractivity contribution < 1.29 is 9.21 Å². The molecule has 0 atom stereocenters. The maximum Gasteiger partial charge on any atom is 0.257 e. The fourth-order valence-electron chi connectivity index (χ4n) is 2.53. The number of hydrogen-bond donors (Lipinski definition) is 0. The zero-order valence-corrected chi connectivity index (χ0v) is 12.9. The fraction of sp³-hybridized carbons (Fsp3) is 0.150. The molecule has 0 aliphatic rings. The minimum absolute atomic E-state index is 0.00136. The van der Waals surface area contributed by atoms with Gasteiger partial charge in [-0.05, 0) is 23.6 Å². The van der Waals surface area contributed by atoms with E-state index < -0.39 is 0 Å². The first-order valence-electron chi connectivity index (χ1n) is 7.72. The third-order valence-electron chi connectivity index (χ3n) is 3.78. The van der Waals surface area contributed by atoms with E-state index in [1.165, 1.54) is 18.1 Å². The molecule has 2 aromatic carbocycles. The molecule has 0 radical (unpaired) electrons. The lowest BCUT2D eigenvalue weighted by atomic mass is 10.1. The van der Waals surface area contributed by atoms with E-state index in [0.29, 0.717) is 18.7 Å². The largest absolute Gasteiger partial charge is 0.472 e. The summed E-state index contributed by atoms with van der Waals surface area (Å²) in [5.41, 5.74) is 2.94. The van der Waals surface area contributed by atoms with Gasteiger partial charge in [-0.1, -0.05) is 60.7 Å². The van der Waals surface area contributed by atoms with E-state index in [2.05, 4.69) is 12.1 Å². The average Bonchev–Trinajstić information content (AvgIpc) is 3.14. The Morgan fingerprint density at radius 3 is 2.13 bits per heavy atom. The van der Waals surface area contributed by atoms with Crippen LogP contribution in [0.2, 0.25) is 0 Å². The predicted octanol–water partition coefficient (Wildman–Crippen LogP) is 4.16. The van der Waals surface area contributed by atoms with Crippen molar-refractivity contribution in [3.05, 3.63) is 95.9 Å². The number of hydrogen-bond acceptors (Lipinski definition) is 2. The molecule has 3 rings (SSSR count). The highest BCUT2D eigenvalue weighted by Crippen LogP contribution is 2.12. The van der Waals surface area contributed by atoms with Gasteiger partial charge in [0.15, 0.2) is 0 Å². The molecular formula is C20H19NO2. The van der Waals surface area contributed by atoms with Gasteiger partial charge < -0.3 is 9.32 Å². The van der Waals surface area contributed by atoms with Crippen LogP contribution in [0.1, 0.15) is 21.5 Å². The molecule has 0 N–H and O–H groups in total. The summed E-state index contributed by atoms with van der Waals surface area (Å²) in [5.74, 6) is -0.00136. The first-order valence-corrected chi connectivity index (χ1v) is 7.72. The van der Waals surface area contributed by atoms with Gasteiger partial charge in [-0.3, -0.25) is 4.79 Å². The number of nitrogens with zero attached hydrogens (tertiary/aromatic N) is 1. The maximum absolute atomic E-state index is 12.7. The maximum atomic E-state index is 12.7. The third kappa shape index (κ3) is 4.10. The summed E-state index contributed by atoms with van der Waals surface area (Å²) < 4.78 is 5.05. The highest BCUT2D eigenvalue weighted by Gasteiger charge is 2.17. The van der Waals surface area contributed by atoms with Gasteiger partial charge >= 0.3 is 0 Å². The fourth-order valence-corrected chi connectivity index (χ4v) is 2.53. The Hall–Kier alpha value is -2.81. The van der Waals surface area contributed by atoms with Gasteiger partial charge in [-0.2, -0.15) is 0 Å². The van der Waals surface area contributed by atoms with Crippen LogP contribution in [0.3, 0.4) is 0 Å². The smallest absolute Gasteiger partial charge is 0.257 e. The van der Waals surface area contributed by atoms with E-state index in [0.717, 1.165) is 12.0 Å². The van der Waals surface area contributed by atoms with Crippen LogP contribution in [0.15, 0.2) is 83.7 Å². The number of carbonyl (C=O) groups is 1. The van der Waals surface area contributed by atoms with Crippen molar-refractivity contribution in [2.45, 2.75) is 13.0 Å². The second-order valence-electron chi connectivity index (χ2n) is 5.46. The first-order chi connectivity index (χ1) is 11.3. The normalized spacial score (nSPS) is 10.4. The summed E-state index contributed by atoms with van der Waals surface area (Å²) in [5, 5.41) is 0. The predicted molar refractivity (Wildman–Crippen MR) is 90.0 cm³/mol. The van der Waals surface area contributed by atoms with Crippen molar-refractivity contribution in [3.63, 3.8) is 0 Å². The van der Waals surface area contributed by atoms with Crippen LogP contribution in [-0.2, 0) is 13.0 Å². The summed E-state index contributed by atoms with van der Waals surface area (Å²) >= 11 is 0. The van der Waals surface area contributed by atoms with Gasteiger partial charge in [0.25, 0.3) is 5.91 Å². The van der Waals surface area contributed by atoms with Gasteiger partial charge in [-0.15, -0.1) is 0 Å². The second-order valence-corrected chi connectivity index (χ2v) is 5.46. The molecule has 1 amide bonds. The van der Waals surface area contributed by atoms with Crippen LogP contribution in [0, 0.1) is 0 Å². The van der Waals surface area contributed by atoms with Crippen molar-refractivity contribution in [2.24, 2.45) is 0 Å². The van der Waals surface area contributed by atoms with E-state index in [-0.39, 0.29) is 5.91 Å². The molecule has 3 heteroatoms. The molecule has 116 valence electrons. The summed E-state index contributed by atoms with van der Waals surface area (Å²) in [4.78, 5) is 14.6. The van der Waals surface area contributed by atoms with Crippen molar-refractivity contribution in [3.8, 4) is 0 Å². The molecule has 0 saturated heterocycles. The molecule has 0 aliphatic heterocycles. The number of benzene rings is 2. The molecule has 23 heavy (non-hydrogen) atoms. The van der Waals surface area contributed by atoms with Crippen LogP contribution in [0.4, 0.5) is 0 Å². The molecule has 0 unspecified atom stereocenters.